The van der Waals surface area contributed by atoms with E-state index in [1.807, 2.05) is 4.57 Å². The molecule has 0 bridgehead atoms. The number of aromatic nitrogens is 4. The molecule has 0 spiro atoms. The highest BCUT2D eigenvalue weighted by atomic mass is 15.2. The van der Waals surface area contributed by atoms with E-state index in [0.717, 1.165) is 35.6 Å². The second-order valence-electron chi connectivity index (χ2n) is 6.55. The van der Waals surface area contributed by atoms with Gasteiger partial charge in [-0.15, -0.1) is 0 Å². The van der Waals surface area contributed by atoms with E-state index in [1.54, 1.807) is 0 Å². The largest absolute Gasteiger partial charge is 0.339 e. The summed E-state index contributed by atoms with van der Waals surface area (Å²) >= 11 is 0. The van der Waals surface area contributed by atoms with Crippen LogP contribution >= 0.6 is 0 Å². The second kappa shape index (κ2) is 4.97. The topological polar surface area (TPSA) is 70.3 Å². The smallest absolute Gasteiger partial charge is 0.223 e. The molecular formula is C16H23N5. The average Bonchev–Trinajstić information content (AvgIpc) is 3.02. The van der Waals surface area contributed by atoms with Crippen molar-refractivity contribution in [3.05, 3.63) is 17.1 Å². The van der Waals surface area contributed by atoms with E-state index >= 15 is 0 Å². The molecule has 5 heteroatoms. The summed E-state index contributed by atoms with van der Waals surface area (Å²) in [6.07, 6.45) is 8.47. The van der Waals surface area contributed by atoms with Gasteiger partial charge in [-0.05, 0) is 32.1 Å². The number of nitrogens with one attached hydrogen (secondary N) is 2. The number of hydrogen-bond donors (Lipinski definition) is 2. The van der Waals surface area contributed by atoms with Gasteiger partial charge in [-0.3, -0.25) is 9.98 Å². The molecule has 0 aromatic carbocycles. The van der Waals surface area contributed by atoms with Gasteiger partial charge in [0.15, 0.2) is 5.65 Å². The molecule has 21 heavy (non-hydrogen) atoms. The van der Waals surface area contributed by atoms with Crippen molar-refractivity contribution in [3.8, 4) is 0 Å². The molecule has 5 nitrogen and oxygen atoms in total. The van der Waals surface area contributed by atoms with Crippen molar-refractivity contribution >= 4 is 11.2 Å². The molecule has 2 aliphatic carbocycles. The summed E-state index contributed by atoms with van der Waals surface area (Å²) < 4.78 is 1.97. The monoisotopic (exact) mass is 285 g/mol. The van der Waals surface area contributed by atoms with E-state index in [9.17, 15) is 0 Å². The number of aryl methyl sites for hydroxylation is 1. The standard InChI is InChI=1S/C16H23N5/c1-2-9-21-15-13(18-14(20-15)11-7-8-11)12(19-16(21)17)10-5-3-4-6-10/h10-11,17H,2-9H2,1H3,(H,18,20). The summed E-state index contributed by atoms with van der Waals surface area (Å²) in [5.41, 5.74) is 3.54. The van der Waals surface area contributed by atoms with Gasteiger partial charge in [0.2, 0.25) is 5.62 Å². The van der Waals surface area contributed by atoms with Gasteiger partial charge < -0.3 is 4.98 Å². The highest BCUT2D eigenvalue weighted by Crippen LogP contribution is 2.40. The van der Waals surface area contributed by atoms with Crippen LogP contribution in [-0.2, 0) is 6.54 Å². The summed E-state index contributed by atoms with van der Waals surface area (Å²) in [4.78, 5) is 13.0. The molecule has 0 amide bonds. The van der Waals surface area contributed by atoms with Gasteiger partial charge in [0, 0.05) is 18.4 Å². The number of imidazole rings is 1. The van der Waals surface area contributed by atoms with Gasteiger partial charge in [-0.25, -0.2) is 9.97 Å². The maximum Gasteiger partial charge on any atom is 0.223 e. The molecule has 2 aliphatic rings. The van der Waals surface area contributed by atoms with Gasteiger partial charge >= 0.3 is 0 Å². The molecule has 2 heterocycles. The lowest BCUT2D eigenvalue weighted by Crippen LogP contribution is -2.26. The minimum absolute atomic E-state index is 0.375. The molecule has 0 aliphatic heterocycles. The van der Waals surface area contributed by atoms with Gasteiger partial charge in [0.05, 0.1) is 5.69 Å². The Morgan fingerprint density at radius 3 is 2.57 bits per heavy atom. The normalized spacial score (nSPS) is 19.7. The molecule has 2 fully saturated rings. The molecule has 0 saturated heterocycles. The van der Waals surface area contributed by atoms with Crippen molar-refractivity contribution in [2.45, 2.75) is 70.3 Å². The van der Waals surface area contributed by atoms with Crippen molar-refractivity contribution < 1.29 is 0 Å². The van der Waals surface area contributed by atoms with Crippen LogP contribution in [0.15, 0.2) is 0 Å². The molecule has 0 unspecified atom stereocenters. The van der Waals surface area contributed by atoms with Crippen LogP contribution < -0.4 is 5.62 Å². The van der Waals surface area contributed by atoms with Crippen molar-refractivity contribution in [3.63, 3.8) is 0 Å². The fourth-order valence-corrected chi connectivity index (χ4v) is 3.57. The number of H-pyrrole nitrogens is 1. The van der Waals surface area contributed by atoms with Crippen molar-refractivity contribution in [2.75, 3.05) is 0 Å². The Balaban J connectivity index is 1.92. The maximum atomic E-state index is 8.29. The second-order valence-corrected chi connectivity index (χ2v) is 6.55. The Morgan fingerprint density at radius 2 is 1.90 bits per heavy atom. The fraction of sp³-hybridized carbons (Fsp3) is 0.688. The van der Waals surface area contributed by atoms with Crippen LogP contribution in [0.1, 0.15) is 75.2 Å². The molecule has 2 N–H and O–H groups in total. The number of hydrogen-bond acceptors (Lipinski definition) is 3. The fourth-order valence-electron chi connectivity index (χ4n) is 3.57. The number of rotatable bonds is 4. The Labute approximate surface area is 124 Å². The first kappa shape index (κ1) is 13.0. The molecule has 2 aromatic rings. The molecule has 0 radical (unpaired) electrons. The third-order valence-corrected chi connectivity index (χ3v) is 4.85. The summed E-state index contributed by atoms with van der Waals surface area (Å²) in [7, 11) is 0. The SMILES string of the molecule is CCCn1c(=N)nc(C2CCCC2)c2[nH]c(C3CC3)nc21. The molecule has 2 saturated carbocycles. The average molecular weight is 285 g/mol. The van der Waals surface area contributed by atoms with E-state index in [2.05, 4.69) is 16.9 Å². The van der Waals surface area contributed by atoms with E-state index < -0.39 is 0 Å². The van der Waals surface area contributed by atoms with Gasteiger partial charge in [0.25, 0.3) is 0 Å². The predicted octanol–water partition coefficient (Wildman–Crippen LogP) is 3.18. The van der Waals surface area contributed by atoms with Crippen LogP contribution in [0.3, 0.4) is 0 Å². The van der Waals surface area contributed by atoms with Crippen LogP contribution in [0.25, 0.3) is 11.2 Å². The summed E-state index contributed by atoms with van der Waals surface area (Å²) in [5, 5.41) is 8.29. The minimum atomic E-state index is 0.375. The number of fused-ring (bicyclic) bond motifs is 1. The van der Waals surface area contributed by atoms with Crippen molar-refractivity contribution in [1.82, 2.24) is 19.5 Å². The van der Waals surface area contributed by atoms with Crippen LogP contribution in [0, 0.1) is 5.41 Å². The van der Waals surface area contributed by atoms with Crippen LogP contribution in [0.2, 0.25) is 0 Å². The zero-order chi connectivity index (χ0) is 14.4. The Bertz CT molecular complexity index is 716. The Morgan fingerprint density at radius 1 is 1.14 bits per heavy atom. The van der Waals surface area contributed by atoms with E-state index in [-0.39, 0.29) is 0 Å². The lowest BCUT2D eigenvalue weighted by atomic mass is 10.0. The molecular weight excluding hydrogens is 262 g/mol. The third kappa shape index (κ3) is 2.19. The molecule has 4 rings (SSSR count). The quantitative estimate of drug-likeness (QED) is 0.905. The number of nitrogens with zero attached hydrogens (tertiary/aromatic N) is 3. The summed E-state index contributed by atoms with van der Waals surface area (Å²) in [5.74, 6) is 2.24. The first-order valence-corrected chi connectivity index (χ1v) is 8.33. The van der Waals surface area contributed by atoms with Crippen LogP contribution in [0.4, 0.5) is 0 Å². The zero-order valence-corrected chi connectivity index (χ0v) is 12.7. The van der Waals surface area contributed by atoms with Crippen molar-refractivity contribution in [2.24, 2.45) is 0 Å². The Kier molecular flexibility index (Phi) is 3.08. The van der Waals surface area contributed by atoms with E-state index in [1.165, 1.54) is 38.5 Å². The lowest BCUT2D eigenvalue weighted by Gasteiger charge is -2.12. The van der Waals surface area contributed by atoms with Crippen LogP contribution in [-0.4, -0.2) is 19.5 Å². The summed E-state index contributed by atoms with van der Waals surface area (Å²) in [6, 6.07) is 0. The highest BCUT2D eigenvalue weighted by molar-refractivity contribution is 5.74. The van der Waals surface area contributed by atoms with Crippen molar-refractivity contribution in [1.29, 1.82) is 5.41 Å². The molecule has 2 aromatic heterocycles. The summed E-state index contributed by atoms with van der Waals surface area (Å²) in [6.45, 7) is 2.96. The first-order valence-electron chi connectivity index (χ1n) is 8.33. The van der Waals surface area contributed by atoms with E-state index in [0.29, 0.717) is 17.5 Å². The lowest BCUT2D eigenvalue weighted by molar-refractivity contribution is 0.613. The molecule has 0 atom stereocenters. The predicted molar refractivity (Wildman–Crippen MR) is 81.2 cm³/mol. The highest BCUT2D eigenvalue weighted by Gasteiger charge is 2.29. The van der Waals surface area contributed by atoms with Crippen LogP contribution in [0.5, 0.6) is 0 Å². The third-order valence-electron chi connectivity index (χ3n) is 4.85. The van der Waals surface area contributed by atoms with E-state index in [4.69, 9.17) is 10.4 Å². The first-order chi connectivity index (χ1) is 10.3. The number of aromatic amines is 1. The van der Waals surface area contributed by atoms with Gasteiger partial charge in [-0.1, -0.05) is 19.8 Å². The molecule has 112 valence electrons. The van der Waals surface area contributed by atoms with Gasteiger partial charge in [-0.2, -0.15) is 0 Å². The minimum Gasteiger partial charge on any atom is -0.339 e. The maximum absolute atomic E-state index is 8.29. The Hall–Kier alpha value is -1.65. The zero-order valence-electron chi connectivity index (χ0n) is 12.7. The van der Waals surface area contributed by atoms with Gasteiger partial charge in [0.1, 0.15) is 11.3 Å².